The molecule has 0 saturated heterocycles. The molecule has 0 aromatic carbocycles. The van der Waals surface area contributed by atoms with Crippen LogP contribution in [0.3, 0.4) is 0 Å². The van der Waals surface area contributed by atoms with Gasteiger partial charge in [0.1, 0.15) is 0 Å². The van der Waals surface area contributed by atoms with Gasteiger partial charge in [-0.3, -0.25) is 0 Å². The van der Waals surface area contributed by atoms with E-state index in [2.05, 4.69) is 38.6 Å². The minimum atomic E-state index is 1.21. The molecule has 0 aliphatic heterocycles. The highest BCUT2D eigenvalue weighted by atomic mass is 32.2. The van der Waals surface area contributed by atoms with Crippen molar-refractivity contribution in [1.82, 2.24) is 0 Å². The molecule has 0 aliphatic rings. The fourth-order valence-corrected chi connectivity index (χ4v) is 2.32. The molecule has 0 amide bonds. The zero-order valence-electron chi connectivity index (χ0n) is 10.1. The van der Waals surface area contributed by atoms with Crippen LogP contribution < -0.4 is 0 Å². The van der Waals surface area contributed by atoms with Crippen LogP contribution in [0.1, 0.15) is 59.3 Å². The van der Waals surface area contributed by atoms with Crippen molar-refractivity contribution in [1.29, 1.82) is 0 Å². The van der Waals surface area contributed by atoms with E-state index in [1.807, 2.05) is 0 Å². The lowest BCUT2D eigenvalue weighted by molar-refractivity contribution is 0.627. The number of unbranched alkanes of at least 4 members (excludes halogenated alkanes) is 5. The smallest absolute Gasteiger partial charge is 0.0115 e. The van der Waals surface area contributed by atoms with Crippen LogP contribution in [0.15, 0.2) is 11.6 Å². The second kappa shape index (κ2) is 11.2. The van der Waals surface area contributed by atoms with E-state index in [0.29, 0.717) is 0 Å². The highest BCUT2D eigenvalue weighted by molar-refractivity contribution is 7.99. The Morgan fingerprint density at radius 3 is 2.29 bits per heavy atom. The zero-order chi connectivity index (χ0) is 10.6. The first kappa shape index (κ1) is 14.1. The number of hydrogen-bond donors (Lipinski definition) is 0. The lowest BCUT2D eigenvalue weighted by Crippen LogP contribution is -1.83. The molecule has 0 rings (SSSR count). The Morgan fingerprint density at radius 2 is 1.64 bits per heavy atom. The maximum Gasteiger partial charge on any atom is 0.0115 e. The van der Waals surface area contributed by atoms with Crippen LogP contribution in [0.2, 0.25) is 0 Å². The second-order valence-corrected chi connectivity index (χ2v) is 5.27. The van der Waals surface area contributed by atoms with E-state index < -0.39 is 0 Å². The Hall–Kier alpha value is 0.0900. The van der Waals surface area contributed by atoms with Gasteiger partial charge in [0.15, 0.2) is 0 Å². The number of thioether (sulfide) groups is 1. The van der Waals surface area contributed by atoms with Crippen LogP contribution in [-0.4, -0.2) is 11.5 Å². The highest BCUT2D eigenvalue weighted by Crippen LogP contribution is 2.10. The third kappa shape index (κ3) is 12.1. The summed E-state index contributed by atoms with van der Waals surface area (Å²) in [5.74, 6) is 2.55. The molecular weight excluding hydrogens is 188 g/mol. The summed E-state index contributed by atoms with van der Waals surface area (Å²) in [5.41, 5.74) is 1.44. The molecule has 0 aromatic heterocycles. The summed E-state index contributed by atoms with van der Waals surface area (Å²) in [6, 6.07) is 0. The summed E-state index contributed by atoms with van der Waals surface area (Å²) < 4.78 is 0. The number of rotatable bonds is 9. The summed E-state index contributed by atoms with van der Waals surface area (Å²) in [5, 5.41) is 0. The van der Waals surface area contributed by atoms with E-state index in [-0.39, 0.29) is 0 Å². The molecule has 0 N–H and O–H groups in total. The van der Waals surface area contributed by atoms with E-state index in [0.717, 1.165) is 0 Å². The van der Waals surface area contributed by atoms with Gasteiger partial charge in [0, 0.05) is 5.75 Å². The highest BCUT2D eigenvalue weighted by Gasteiger charge is 1.90. The van der Waals surface area contributed by atoms with Gasteiger partial charge in [-0.1, -0.05) is 50.7 Å². The topological polar surface area (TPSA) is 0 Å². The van der Waals surface area contributed by atoms with Crippen molar-refractivity contribution in [3.63, 3.8) is 0 Å². The number of allylic oxidation sites excluding steroid dienone is 1. The molecule has 0 aliphatic carbocycles. The molecule has 0 radical (unpaired) electrons. The van der Waals surface area contributed by atoms with Gasteiger partial charge in [-0.05, 0) is 26.0 Å². The maximum atomic E-state index is 2.32. The first-order valence-electron chi connectivity index (χ1n) is 5.98. The fraction of sp³-hybridized carbons (Fsp3) is 0.846. The molecule has 0 atom stereocenters. The third-order valence-electron chi connectivity index (χ3n) is 2.25. The first-order valence-corrected chi connectivity index (χ1v) is 7.14. The van der Waals surface area contributed by atoms with E-state index in [1.54, 1.807) is 0 Å². The molecule has 0 nitrogen and oxygen atoms in total. The molecule has 1 heteroatoms. The van der Waals surface area contributed by atoms with Gasteiger partial charge in [-0.25, -0.2) is 0 Å². The fourth-order valence-electron chi connectivity index (χ4n) is 1.29. The van der Waals surface area contributed by atoms with Crippen LogP contribution >= 0.6 is 11.8 Å². The van der Waals surface area contributed by atoms with Crippen molar-refractivity contribution >= 4 is 11.8 Å². The Labute approximate surface area is 94.6 Å². The van der Waals surface area contributed by atoms with Crippen molar-refractivity contribution in [2.24, 2.45) is 0 Å². The van der Waals surface area contributed by atoms with Gasteiger partial charge in [0.2, 0.25) is 0 Å². The third-order valence-corrected chi connectivity index (χ3v) is 3.23. The molecule has 0 fully saturated rings. The molecule has 0 heterocycles. The Balaban J connectivity index is 2.96. The summed E-state index contributed by atoms with van der Waals surface area (Å²) >= 11 is 2.07. The largest absolute Gasteiger partial charge is 0.158 e. The Kier molecular flexibility index (Phi) is 11.2. The van der Waals surface area contributed by atoms with Gasteiger partial charge in [0.05, 0.1) is 0 Å². The summed E-state index contributed by atoms with van der Waals surface area (Å²) in [7, 11) is 0. The normalized spacial score (nSPS) is 10.2. The maximum absolute atomic E-state index is 2.32. The average molecular weight is 214 g/mol. The molecule has 14 heavy (non-hydrogen) atoms. The van der Waals surface area contributed by atoms with E-state index in [4.69, 9.17) is 0 Å². The lowest BCUT2D eigenvalue weighted by atomic mass is 10.1. The second-order valence-electron chi connectivity index (χ2n) is 4.12. The van der Waals surface area contributed by atoms with Crippen molar-refractivity contribution < 1.29 is 0 Å². The van der Waals surface area contributed by atoms with Crippen LogP contribution in [0, 0.1) is 0 Å². The monoisotopic (exact) mass is 214 g/mol. The summed E-state index contributed by atoms with van der Waals surface area (Å²) in [6.07, 6.45) is 10.8. The lowest BCUT2D eigenvalue weighted by Gasteiger charge is -2.00. The summed E-state index contributed by atoms with van der Waals surface area (Å²) in [4.78, 5) is 0. The van der Waals surface area contributed by atoms with Gasteiger partial charge in [0.25, 0.3) is 0 Å². The van der Waals surface area contributed by atoms with Crippen LogP contribution in [0.25, 0.3) is 0 Å². The molecule has 0 spiro atoms. The minimum Gasteiger partial charge on any atom is -0.158 e. The average Bonchev–Trinajstić information content (AvgIpc) is 2.15. The standard InChI is InChI=1S/C13H26S/c1-4-5-6-7-8-9-11-14-12-10-13(2)3/h10H,4-9,11-12H2,1-3H3. The van der Waals surface area contributed by atoms with E-state index in [1.165, 1.54) is 55.6 Å². The van der Waals surface area contributed by atoms with Crippen LogP contribution in [0.5, 0.6) is 0 Å². The van der Waals surface area contributed by atoms with E-state index in [9.17, 15) is 0 Å². The van der Waals surface area contributed by atoms with Crippen molar-refractivity contribution in [3.8, 4) is 0 Å². The molecule has 0 unspecified atom stereocenters. The van der Waals surface area contributed by atoms with Crippen LogP contribution in [-0.2, 0) is 0 Å². The molecule has 0 bridgehead atoms. The SMILES string of the molecule is CCCCCCCCSCC=C(C)C. The van der Waals surface area contributed by atoms with E-state index >= 15 is 0 Å². The van der Waals surface area contributed by atoms with Gasteiger partial charge >= 0.3 is 0 Å². The van der Waals surface area contributed by atoms with Crippen molar-refractivity contribution in [3.05, 3.63) is 11.6 Å². The summed E-state index contributed by atoms with van der Waals surface area (Å²) in [6.45, 7) is 6.62. The first-order chi connectivity index (χ1) is 6.77. The molecule has 0 saturated carbocycles. The predicted octanol–water partition coefficient (Wildman–Crippen LogP) is 5.05. The van der Waals surface area contributed by atoms with Gasteiger partial charge < -0.3 is 0 Å². The quantitative estimate of drug-likeness (QED) is 0.382. The zero-order valence-corrected chi connectivity index (χ0v) is 11.0. The predicted molar refractivity (Wildman–Crippen MR) is 70.1 cm³/mol. The van der Waals surface area contributed by atoms with Gasteiger partial charge in [-0.15, -0.1) is 0 Å². The minimum absolute atomic E-state index is 1.21. The van der Waals surface area contributed by atoms with Crippen LogP contribution in [0.4, 0.5) is 0 Å². The van der Waals surface area contributed by atoms with Gasteiger partial charge in [-0.2, -0.15) is 11.8 Å². The molecule has 0 aromatic rings. The van der Waals surface area contributed by atoms with Crippen molar-refractivity contribution in [2.75, 3.05) is 11.5 Å². The molecule has 84 valence electrons. The number of hydrogen-bond acceptors (Lipinski definition) is 1. The molecular formula is C13H26S. The van der Waals surface area contributed by atoms with Crippen molar-refractivity contribution in [2.45, 2.75) is 59.3 Å². The Bertz CT molecular complexity index is 134. The Morgan fingerprint density at radius 1 is 1.00 bits per heavy atom.